The van der Waals surface area contributed by atoms with Crippen LogP contribution in [-0.4, -0.2) is 66.8 Å². The zero-order valence-corrected chi connectivity index (χ0v) is 24.7. The van der Waals surface area contributed by atoms with Crippen LogP contribution in [0.3, 0.4) is 0 Å². The average molecular weight is 580 g/mol. The third kappa shape index (κ3) is 5.84. The molecule has 3 aromatic rings. The van der Waals surface area contributed by atoms with Crippen LogP contribution in [0.4, 0.5) is 11.4 Å². The predicted octanol–water partition coefficient (Wildman–Crippen LogP) is 5.17. The van der Waals surface area contributed by atoms with E-state index in [0.717, 1.165) is 36.5 Å². The van der Waals surface area contributed by atoms with E-state index in [9.17, 15) is 9.59 Å². The van der Waals surface area contributed by atoms with Crippen LogP contribution in [0.2, 0.25) is 0 Å². The number of aromatic nitrogens is 1. The van der Waals surface area contributed by atoms with Gasteiger partial charge in [-0.3, -0.25) is 14.6 Å². The number of nitrogens with zero attached hydrogens (tertiary/aromatic N) is 5. The first-order valence-corrected chi connectivity index (χ1v) is 15.1. The largest absolute Gasteiger partial charge is 0.490 e. The highest BCUT2D eigenvalue weighted by Crippen LogP contribution is 2.38. The first-order valence-electron chi connectivity index (χ1n) is 15.1. The van der Waals surface area contributed by atoms with E-state index in [1.807, 2.05) is 61.2 Å². The number of carbonyl (C=O) groups is 2. The van der Waals surface area contributed by atoms with Crippen molar-refractivity contribution in [3.8, 4) is 11.5 Å². The molecule has 0 saturated carbocycles. The molecule has 43 heavy (non-hydrogen) atoms. The van der Waals surface area contributed by atoms with Gasteiger partial charge in [0.05, 0.1) is 30.5 Å². The molecule has 0 radical (unpaired) electrons. The zero-order valence-electron chi connectivity index (χ0n) is 24.7. The molecule has 2 aliphatic heterocycles. The number of anilines is 2. The summed E-state index contributed by atoms with van der Waals surface area (Å²) in [5.74, 6) is 1.09. The van der Waals surface area contributed by atoms with Gasteiger partial charge in [0, 0.05) is 61.3 Å². The van der Waals surface area contributed by atoms with E-state index in [1.165, 1.54) is 5.01 Å². The first-order chi connectivity index (χ1) is 21.1. The summed E-state index contributed by atoms with van der Waals surface area (Å²) in [6, 6.07) is 17.1. The molecule has 6 rings (SSSR count). The van der Waals surface area contributed by atoms with Crippen LogP contribution in [0.15, 0.2) is 84.2 Å². The molecule has 0 bridgehead atoms. The van der Waals surface area contributed by atoms with Crippen molar-refractivity contribution in [3.63, 3.8) is 0 Å². The molecule has 3 heterocycles. The molecular formula is C34H37N5O4. The van der Waals surface area contributed by atoms with Gasteiger partial charge in [0.1, 0.15) is 0 Å². The Kier molecular flexibility index (Phi) is 8.40. The third-order valence-corrected chi connectivity index (χ3v) is 8.31. The summed E-state index contributed by atoms with van der Waals surface area (Å²) in [6.07, 6.45) is 9.21. The number of hydrogen-bond donors (Lipinski definition) is 0. The molecule has 2 aromatic carbocycles. The molecular weight excluding hydrogens is 542 g/mol. The number of hydrogen-bond acceptors (Lipinski definition) is 7. The van der Waals surface area contributed by atoms with Crippen LogP contribution in [0.5, 0.6) is 11.5 Å². The summed E-state index contributed by atoms with van der Waals surface area (Å²) in [7, 11) is 0. The summed E-state index contributed by atoms with van der Waals surface area (Å²) < 4.78 is 11.7. The summed E-state index contributed by atoms with van der Waals surface area (Å²) >= 11 is 0. The van der Waals surface area contributed by atoms with Gasteiger partial charge in [0.2, 0.25) is 0 Å². The Morgan fingerprint density at radius 1 is 0.814 bits per heavy atom. The van der Waals surface area contributed by atoms with Crippen molar-refractivity contribution in [2.45, 2.75) is 26.7 Å². The Morgan fingerprint density at radius 2 is 1.49 bits per heavy atom. The minimum absolute atomic E-state index is 0.00888. The Bertz CT molecular complexity index is 1510. The van der Waals surface area contributed by atoms with Crippen LogP contribution in [0.1, 0.15) is 42.6 Å². The molecule has 1 aromatic heterocycles. The zero-order chi connectivity index (χ0) is 29.8. The number of pyridine rings is 1. The average Bonchev–Trinajstić information content (AvgIpc) is 3.06. The SMILES string of the molecule is CCOc1ccc(C2=NN(c3ccc(C(=O)N4CCN(c5ccncc5)CC4)cc3)C(=O)[C@@H]3CC=CC[C@H]23)cc1OCC. The molecule has 2 amide bonds. The summed E-state index contributed by atoms with van der Waals surface area (Å²) in [4.78, 5) is 35.3. The number of benzene rings is 2. The summed E-state index contributed by atoms with van der Waals surface area (Å²) in [5, 5.41) is 6.44. The first kappa shape index (κ1) is 28.5. The molecule has 222 valence electrons. The molecule has 0 spiro atoms. The van der Waals surface area contributed by atoms with Gasteiger partial charge in [0.15, 0.2) is 11.5 Å². The Balaban J connectivity index is 1.23. The van der Waals surface area contributed by atoms with Crippen molar-refractivity contribution in [1.82, 2.24) is 9.88 Å². The van der Waals surface area contributed by atoms with Gasteiger partial charge >= 0.3 is 0 Å². The molecule has 1 fully saturated rings. The number of ether oxygens (including phenoxy) is 2. The van der Waals surface area contributed by atoms with Gasteiger partial charge < -0.3 is 19.3 Å². The molecule has 0 N–H and O–H groups in total. The lowest BCUT2D eigenvalue weighted by Gasteiger charge is -2.37. The van der Waals surface area contributed by atoms with Gasteiger partial charge in [-0.1, -0.05) is 12.2 Å². The van der Waals surface area contributed by atoms with E-state index in [2.05, 4.69) is 22.0 Å². The van der Waals surface area contributed by atoms with Crippen molar-refractivity contribution in [3.05, 3.63) is 90.3 Å². The molecule has 2 atom stereocenters. The van der Waals surface area contributed by atoms with Gasteiger partial charge in [-0.25, -0.2) is 5.01 Å². The Morgan fingerprint density at radius 3 is 2.19 bits per heavy atom. The van der Waals surface area contributed by atoms with Crippen LogP contribution >= 0.6 is 0 Å². The van der Waals surface area contributed by atoms with E-state index in [1.54, 1.807) is 24.5 Å². The van der Waals surface area contributed by atoms with E-state index in [-0.39, 0.29) is 23.7 Å². The van der Waals surface area contributed by atoms with Gasteiger partial charge in [-0.15, -0.1) is 0 Å². The predicted molar refractivity (Wildman–Crippen MR) is 167 cm³/mol. The highest BCUT2D eigenvalue weighted by Gasteiger charge is 2.41. The lowest BCUT2D eigenvalue weighted by atomic mass is 9.76. The number of amides is 2. The van der Waals surface area contributed by atoms with Gasteiger partial charge in [0.25, 0.3) is 11.8 Å². The minimum Gasteiger partial charge on any atom is -0.490 e. The van der Waals surface area contributed by atoms with Crippen molar-refractivity contribution in [1.29, 1.82) is 0 Å². The molecule has 9 heteroatoms. The van der Waals surface area contributed by atoms with Crippen LogP contribution in [0, 0.1) is 11.8 Å². The van der Waals surface area contributed by atoms with Crippen molar-refractivity contribution >= 4 is 28.9 Å². The highest BCUT2D eigenvalue weighted by atomic mass is 16.5. The summed E-state index contributed by atoms with van der Waals surface area (Å²) in [6.45, 7) is 7.76. The third-order valence-electron chi connectivity index (χ3n) is 8.31. The Hall–Kier alpha value is -4.66. The number of carbonyl (C=O) groups excluding carboxylic acids is 2. The quantitative estimate of drug-likeness (QED) is 0.342. The smallest absolute Gasteiger partial charge is 0.253 e. The van der Waals surface area contributed by atoms with E-state index >= 15 is 0 Å². The summed E-state index contributed by atoms with van der Waals surface area (Å²) in [5.41, 5.74) is 4.12. The fraction of sp³-hybridized carbons (Fsp3) is 0.353. The van der Waals surface area contributed by atoms with Crippen LogP contribution in [-0.2, 0) is 4.79 Å². The maximum Gasteiger partial charge on any atom is 0.253 e. The number of piperazine rings is 1. The fourth-order valence-electron chi connectivity index (χ4n) is 6.10. The second-order valence-electron chi connectivity index (χ2n) is 10.9. The molecule has 1 aliphatic carbocycles. The maximum atomic E-state index is 13.7. The number of fused-ring (bicyclic) bond motifs is 1. The molecule has 3 aliphatic rings. The maximum absolute atomic E-state index is 13.7. The Labute approximate surface area is 252 Å². The fourth-order valence-corrected chi connectivity index (χ4v) is 6.10. The topological polar surface area (TPSA) is 87.6 Å². The van der Waals surface area contributed by atoms with E-state index in [4.69, 9.17) is 14.6 Å². The standard InChI is InChI=1S/C34H37N5O4/c1-3-42-30-14-11-25(23-31(30)43-4-2)32-28-7-5-6-8-29(28)34(41)39(36-32)27-12-9-24(10-13-27)33(40)38-21-19-37(20-22-38)26-15-17-35-18-16-26/h5-6,9-18,23,28-29H,3-4,7-8,19-22H2,1-2H3/t28-,29+/m0/s1. The molecule has 0 unspecified atom stereocenters. The van der Waals surface area contributed by atoms with Crippen LogP contribution in [0.25, 0.3) is 0 Å². The number of allylic oxidation sites excluding steroid dienone is 2. The lowest BCUT2D eigenvalue weighted by molar-refractivity contribution is -0.123. The van der Waals surface area contributed by atoms with Crippen molar-refractivity contribution in [2.24, 2.45) is 16.9 Å². The van der Waals surface area contributed by atoms with E-state index in [0.29, 0.717) is 55.5 Å². The number of rotatable bonds is 8. The minimum atomic E-state index is -0.211. The highest BCUT2D eigenvalue weighted by molar-refractivity contribution is 6.11. The second kappa shape index (κ2) is 12.7. The van der Waals surface area contributed by atoms with Crippen LogP contribution < -0.4 is 19.4 Å². The van der Waals surface area contributed by atoms with Crippen molar-refractivity contribution in [2.75, 3.05) is 49.3 Å². The lowest BCUT2D eigenvalue weighted by Crippen LogP contribution is -2.48. The monoisotopic (exact) mass is 579 g/mol. The number of hydrazone groups is 1. The van der Waals surface area contributed by atoms with Gasteiger partial charge in [-0.2, -0.15) is 5.10 Å². The second-order valence-corrected chi connectivity index (χ2v) is 10.9. The van der Waals surface area contributed by atoms with E-state index < -0.39 is 0 Å². The van der Waals surface area contributed by atoms with Crippen molar-refractivity contribution < 1.29 is 19.1 Å². The van der Waals surface area contributed by atoms with Gasteiger partial charge in [-0.05, 0) is 81.3 Å². The molecule has 1 saturated heterocycles. The normalized spacial score (nSPS) is 20.0. The molecule has 9 nitrogen and oxygen atoms in total.